The highest BCUT2D eigenvalue weighted by Crippen LogP contribution is 2.25. The van der Waals surface area contributed by atoms with E-state index in [-0.39, 0.29) is 0 Å². The Morgan fingerprint density at radius 3 is 2.56 bits per heavy atom. The first-order chi connectivity index (χ1) is 8.56. The van der Waals surface area contributed by atoms with E-state index in [1.165, 1.54) is 12.1 Å². The number of hydrogen-bond acceptors (Lipinski definition) is 1. The molecule has 0 heterocycles. The lowest BCUT2D eigenvalue weighted by Crippen LogP contribution is -2.02. The van der Waals surface area contributed by atoms with Crippen LogP contribution >= 0.6 is 38.5 Å². The average molecular weight is 424 g/mol. The highest BCUT2D eigenvalue weighted by molar-refractivity contribution is 14.1. The Kier molecular flexibility index (Phi) is 4.55. The number of rotatable bonds is 3. The quantitative estimate of drug-likeness (QED) is 0.689. The van der Waals surface area contributed by atoms with E-state index < -0.39 is 11.6 Å². The number of anilines is 1. The van der Waals surface area contributed by atoms with Crippen molar-refractivity contribution in [2.75, 3.05) is 5.32 Å². The molecule has 2 rings (SSSR count). The fraction of sp³-hybridized carbons (Fsp3) is 0.0769. The number of benzene rings is 2. The summed E-state index contributed by atoms with van der Waals surface area (Å²) in [6, 6.07) is 9.41. The fourth-order valence-electron chi connectivity index (χ4n) is 1.49. The SMILES string of the molecule is Fc1ccc(CNc2ccc(I)cc2Br)c(F)c1. The molecule has 0 fully saturated rings. The summed E-state index contributed by atoms with van der Waals surface area (Å²) < 4.78 is 28.2. The van der Waals surface area contributed by atoms with E-state index in [1.54, 1.807) is 0 Å². The summed E-state index contributed by atoms with van der Waals surface area (Å²) in [4.78, 5) is 0. The number of halogens is 4. The molecule has 0 aliphatic heterocycles. The highest BCUT2D eigenvalue weighted by atomic mass is 127. The van der Waals surface area contributed by atoms with Gasteiger partial charge in [0.25, 0.3) is 0 Å². The molecule has 0 bridgehead atoms. The molecule has 1 N–H and O–H groups in total. The second-order valence-corrected chi connectivity index (χ2v) is 5.81. The van der Waals surface area contributed by atoms with Gasteiger partial charge in [-0.05, 0) is 62.8 Å². The van der Waals surface area contributed by atoms with Crippen LogP contribution in [0.15, 0.2) is 40.9 Å². The molecule has 5 heteroatoms. The third-order valence-corrected chi connectivity index (χ3v) is 3.74. The van der Waals surface area contributed by atoms with Crippen molar-refractivity contribution in [1.82, 2.24) is 0 Å². The van der Waals surface area contributed by atoms with Gasteiger partial charge in [-0.3, -0.25) is 0 Å². The molecule has 0 aliphatic carbocycles. The molecule has 0 saturated carbocycles. The van der Waals surface area contributed by atoms with Gasteiger partial charge in [0, 0.05) is 31.9 Å². The Bertz CT molecular complexity index is 523. The Hall–Kier alpha value is -0.690. The molecule has 0 atom stereocenters. The summed E-state index contributed by atoms with van der Waals surface area (Å²) in [5.74, 6) is -1.10. The van der Waals surface area contributed by atoms with Crippen LogP contribution in [0, 0.1) is 15.2 Å². The third-order valence-electron chi connectivity index (χ3n) is 2.42. The molecule has 0 aliphatic rings. The molecule has 2 aromatic rings. The van der Waals surface area contributed by atoms with Gasteiger partial charge >= 0.3 is 0 Å². The lowest BCUT2D eigenvalue weighted by atomic mass is 10.2. The monoisotopic (exact) mass is 423 g/mol. The molecule has 0 spiro atoms. The Morgan fingerprint density at radius 2 is 1.89 bits per heavy atom. The number of nitrogens with one attached hydrogen (secondary N) is 1. The third kappa shape index (κ3) is 3.41. The lowest BCUT2D eigenvalue weighted by molar-refractivity contribution is 0.574. The summed E-state index contributed by atoms with van der Waals surface area (Å²) in [6.07, 6.45) is 0. The van der Waals surface area contributed by atoms with Gasteiger partial charge in [0.15, 0.2) is 0 Å². The second kappa shape index (κ2) is 5.97. The van der Waals surface area contributed by atoms with Crippen molar-refractivity contribution in [3.8, 4) is 0 Å². The molecule has 94 valence electrons. The van der Waals surface area contributed by atoms with E-state index in [0.29, 0.717) is 12.1 Å². The minimum atomic E-state index is -0.563. The van der Waals surface area contributed by atoms with Crippen LogP contribution in [0.2, 0.25) is 0 Å². The number of hydrogen-bond donors (Lipinski definition) is 1. The van der Waals surface area contributed by atoms with Gasteiger partial charge in [-0.1, -0.05) is 6.07 Å². The van der Waals surface area contributed by atoms with E-state index >= 15 is 0 Å². The van der Waals surface area contributed by atoms with Gasteiger partial charge in [0.1, 0.15) is 11.6 Å². The smallest absolute Gasteiger partial charge is 0.131 e. The van der Waals surface area contributed by atoms with Crippen molar-refractivity contribution in [2.45, 2.75) is 6.54 Å². The molecule has 0 unspecified atom stereocenters. The van der Waals surface area contributed by atoms with Crippen molar-refractivity contribution in [1.29, 1.82) is 0 Å². The van der Waals surface area contributed by atoms with Crippen LogP contribution in [0.1, 0.15) is 5.56 Å². The van der Waals surface area contributed by atoms with Gasteiger partial charge in [-0.15, -0.1) is 0 Å². The second-order valence-electron chi connectivity index (χ2n) is 3.71. The normalized spacial score (nSPS) is 10.4. The van der Waals surface area contributed by atoms with E-state index in [0.717, 1.165) is 19.8 Å². The Balaban J connectivity index is 2.11. The van der Waals surface area contributed by atoms with E-state index in [4.69, 9.17) is 0 Å². The topological polar surface area (TPSA) is 12.0 Å². The van der Waals surface area contributed by atoms with Crippen LogP contribution in [0.5, 0.6) is 0 Å². The first-order valence-corrected chi connectivity index (χ1v) is 7.06. The van der Waals surface area contributed by atoms with Gasteiger partial charge in [-0.25, -0.2) is 8.78 Å². The predicted octanol–water partition coefficient (Wildman–Crippen LogP) is 4.94. The predicted molar refractivity (Wildman–Crippen MR) is 80.5 cm³/mol. The first kappa shape index (κ1) is 13.7. The van der Waals surface area contributed by atoms with Crippen molar-refractivity contribution < 1.29 is 8.78 Å². The standard InChI is InChI=1S/C13H9BrF2IN/c14-11-6-10(17)3-4-13(11)18-7-8-1-2-9(15)5-12(8)16/h1-6,18H,7H2. The summed E-state index contributed by atoms with van der Waals surface area (Å²) in [5, 5.41) is 3.10. The summed E-state index contributed by atoms with van der Waals surface area (Å²) in [5.41, 5.74) is 1.31. The minimum Gasteiger partial charge on any atom is -0.380 e. The largest absolute Gasteiger partial charge is 0.380 e. The Labute approximate surface area is 126 Å². The summed E-state index contributed by atoms with van der Waals surface area (Å²) >= 11 is 5.64. The van der Waals surface area contributed by atoms with Crippen LogP contribution in [-0.2, 0) is 6.54 Å². The molecule has 0 aromatic heterocycles. The lowest BCUT2D eigenvalue weighted by Gasteiger charge is -2.09. The zero-order valence-electron chi connectivity index (χ0n) is 9.18. The van der Waals surface area contributed by atoms with Crippen LogP contribution < -0.4 is 5.32 Å². The van der Waals surface area contributed by atoms with Crippen LogP contribution in [0.25, 0.3) is 0 Å². The molecule has 0 radical (unpaired) electrons. The average Bonchev–Trinajstić information content (AvgIpc) is 2.30. The molecule has 18 heavy (non-hydrogen) atoms. The molecule has 1 nitrogen and oxygen atoms in total. The maximum Gasteiger partial charge on any atom is 0.131 e. The van der Waals surface area contributed by atoms with Crippen LogP contribution in [0.3, 0.4) is 0 Å². The van der Waals surface area contributed by atoms with Gasteiger partial charge < -0.3 is 5.32 Å². The molecule has 2 aromatic carbocycles. The van der Waals surface area contributed by atoms with Crippen molar-refractivity contribution >= 4 is 44.2 Å². The Morgan fingerprint density at radius 1 is 1.11 bits per heavy atom. The maximum atomic E-state index is 13.4. The zero-order valence-corrected chi connectivity index (χ0v) is 12.9. The molecule has 0 amide bonds. The molecule has 0 saturated heterocycles. The minimum absolute atomic E-state index is 0.311. The summed E-state index contributed by atoms with van der Waals surface area (Å²) in [7, 11) is 0. The molecular formula is C13H9BrF2IN. The van der Waals surface area contributed by atoms with Crippen LogP contribution in [-0.4, -0.2) is 0 Å². The van der Waals surface area contributed by atoms with Gasteiger partial charge in [0.05, 0.1) is 0 Å². The fourth-order valence-corrected chi connectivity index (χ4v) is 2.93. The molecular weight excluding hydrogens is 415 g/mol. The zero-order chi connectivity index (χ0) is 13.1. The van der Waals surface area contributed by atoms with Crippen LogP contribution in [0.4, 0.5) is 14.5 Å². The first-order valence-electron chi connectivity index (χ1n) is 5.19. The van der Waals surface area contributed by atoms with Crippen molar-refractivity contribution in [3.05, 3.63) is 61.6 Å². The van der Waals surface area contributed by atoms with Gasteiger partial charge in [-0.2, -0.15) is 0 Å². The highest BCUT2D eigenvalue weighted by Gasteiger charge is 2.05. The van der Waals surface area contributed by atoms with E-state index in [2.05, 4.69) is 43.8 Å². The maximum absolute atomic E-state index is 13.4. The van der Waals surface area contributed by atoms with E-state index in [9.17, 15) is 8.78 Å². The van der Waals surface area contributed by atoms with Crippen molar-refractivity contribution in [3.63, 3.8) is 0 Å². The summed E-state index contributed by atoms with van der Waals surface area (Å²) in [6.45, 7) is 0.311. The van der Waals surface area contributed by atoms with Gasteiger partial charge in [0.2, 0.25) is 0 Å². The van der Waals surface area contributed by atoms with E-state index in [1.807, 2.05) is 18.2 Å². The van der Waals surface area contributed by atoms with Crippen molar-refractivity contribution in [2.24, 2.45) is 0 Å².